The fourth-order valence-electron chi connectivity index (χ4n) is 4.07. The van der Waals surface area contributed by atoms with Crippen LogP contribution < -0.4 is 5.73 Å². The van der Waals surface area contributed by atoms with Crippen LogP contribution in [-0.4, -0.2) is 17.6 Å². The topological polar surface area (TPSA) is 63.3 Å². The Balaban J connectivity index is 2.15. The van der Waals surface area contributed by atoms with E-state index in [1.807, 2.05) is 0 Å². The summed E-state index contributed by atoms with van der Waals surface area (Å²) in [6.07, 6.45) is 9.15. The third-order valence-electron chi connectivity index (χ3n) is 4.53. The van der Waals surface area contributed by atoms with Gasteiger partial charge in [-0.15, -0.1) is 0 Å². The zero-order valence-electron chi connectivity index (χ0n) is 9.91. The molecule has 2 aliphatic rings. The molecule has 0 saturated heterocycles. The number of hydrogen-bond acceptors (Lipinski definition) is 2. The van der Waals surface area contributed by atoms with Crippen LogP contribution >= 0.6 is 0 Å². The van der Waals surface area contributed by atoms with Crippen LogP contribution in [0, 0.1) is 16.7 Å². The third kappa shape index (κ3) is 1.49. The van der Waals surface area contributed by atoms with Gasteiger partial charge < -0.3 is 10.8 Å². The lowest BCUT2D eigenvalue weighted by Crippen LogP contribution is -2.58. The van der Waals surface area contributed by atoms with Gasteiger partial charge in [-0.1, -0.05) is 25.5 Å². The van der Waals surface area contributed by atoms with Crippen LogP contribution in [-0.2, 0) is 4.79 Å². The van der Waals surface area contributed by atoms with Crippen LogP contribution in [0.15, 0.2) is 12.2 Å². The molecule has 0 aromatic carbocycles. The van der Waals surface area contributed by atoms with Crippen LogP contribution in [0.1, 0.15) is 39.0 Å². The maximum absolute atomic E-state index is 10.9. The summed E-state index contributed by atoms with van der Waals surface area (Å²) in [5, 5.41) is 9.00. The van der Waals surface area contributed by atoms with E-state index in [1.165, 1.54) is 12.8 Å². The molecule has 16 heavy (non-hydrogen) atoms. The Bertz CT molecular complexity index is 326. The largest absolute Gasteiger partial charge is 0.481 e. The number of fused-ring (bicyclic) bond motifs is 1. The van der Waals surface area contributed by atoms with Crippen molar-refractivity contribution in [3.63, 3.8) is 0 Å². The van der Waals surface area contributed by atoms with Gasteiger partial charge in [0.2, 0.25) is 0 Å². The van der Waals surface area contributed by atoms with Gasteiger partial charge in [-0.2, -0.15) is 0 Å². The van der Waals surface area contributed by atoms with E-state index in [0.29, 0.717) is 17.9 Å². The second kappa shape index (κ2) is 3.88. The van der Waals surface area contributed by atoms with Gasteiger partial charge in [-0.05, 0) is 37.1 Å². The molecule has 3 heteroatoms. The number of carbonyl (C=O) groups is 1. The van der Waals surface area contributed by atoms with Crippen molar-refractivity contribution in [3.8, 4) is 0 Å². The summed E-state index contributed by atoms with van der Waals surface area (Å²) in [6, 6.07) is 0. The first-order valence-corrected chi connectivity index (χ1v) is 6.17. The molecular weight excluding hydrogens is 202 g/mol. The average molecular weight is 223 g/mol. The summed E-state index contributed by atoms with van der Waals surface area (Å²) in [5.41, 5.74) is 6.02. The van der Waals surface area contributed by atoms with E-state index < -0.39 is 5.97 Å². The number of carboxylic acid groups (broad SMARTS) is 1. The number of hydrogen-bond donors (Lipinski definition) is 2. The average Bonchev–Trinajstić information content (AvgIpc) is 2.54. The van der Waals surface area contributed by atoms with E-state index in [-0.39, 0.29) is 11.8 Å². The van der Waals surface area contributed by atoms with Gasteiger partial charge in [0.15, 0.2) is 0 Å². The van der Waals surface area contributed by atoms with E-state index in [0.717, 1.165) is 12.8 Å². The molecule has 2 aliphatic carbocycles. The number of allylic oxidation sites excluding steroid dienone is 2. The third-order valence-corrected chi connectivity index (χ3v) is 4.53. The molecule has 0 aliphatic heterocycles. The van der Waals surface area contributed by atoms with E-state index >= 15 is 0 Å². The lowest BCUT2D eigenvalue weighted by atomic mass is 9.44. The first kappa shape index (κ1) is 11.6. The van der Waals surface area contributed by atoms with Crippen molar-refractivity contribution in [2.24, 2.45) is 22.5 Å². The zero-order valence-corrected chi connectivity index (χ0v) is 9.91. The Morgan fingerprint density at radius 3 is 2.94 bits per heavy atom. The molecule has 0 unspecified atom stereocenters. The van der Waals surface area contributed by atoms with Crippen LogP contribution in [0.5, 0.6) is 0 Å². The Labute approximate surface area is 96.7 Å². The highest BCUT2D eigenvalue weighted by Crippen LogP contribution is 2.67. The van der Waals surface area contributed by atoms with E-state index in [2.05, 4.69) is 19.1 Å². The maximum Gasteiger partial charge on any atom is 0.303 e. The lowest BCUT2D eigenvalue weighted by Gasteiger charge is -2.60. The van der Waals surface area contributed by atoms with Crippen LogP contribution in [0.4, 0.5) is 0 Å². The maximum atomic E-state index is 10.9. The summed E-state index contributed by atoms with van der Waals surface area (Å²) < 4.78 is 0. The van der Waals surface area contributed by atoms with E-state index in [9.17, 15) is 4.79 Å². The smallest absolute Gasteiger partial charge is 0.303 e. The second-order valence-electron chi connectivity index (χ2n) is 5.54. The molecule has 0 radical (unpaired) electrons. The minimum absolute atomic E-state index is 0.159. The number of rotatable bonds is 5. The highest BCUT2D eigenvalue weighted by molar-refractivity contribution is 5.68. The second-order valence-corrected chi connectivity index (χ2v) is 5.54. The summed E-state index contributed by atoms with van der Waals surface area (Å²) in [4.78, 5) is 10.9. The molecule has 3 N–H and O–H groups in total. The summed E-state index contributed by atoms with van der Waals surface area (Å²) >= 11 is 0. The summed E-state index contributed by atoms with van der Waals surface area (Å²) in [5.74, 6) is -0.308. The van der Waals surface area contributed by atoms with Crippen molar-refractivity contribution in [2.75, 3.05) is 6.54 Å². The van der Waals surface area contributed by atoms with E-state index in [1.54, 1.807) is 0 Å². The number of aliphatic carboxylic acids is 1. The normalized spacial score (nSPS) is 40.5. The molecular formula is C13H21NO2. The van der Waals surface area contributed by atoms with Crippen molar-refractivity contribution >= 4 is 5.97 Å². The van der Waals surface area contributed by atoms with Gasteiger partial charge in [0.1, 0.15) is 0 Å². The van der Waals surface area contributed by atoms with Crippen LogP contribution in [0.2, 0.25) is 0 Å². The molecule has 3 nitrogen and oxygen atoms in total. The monoisotopic (exact) mass is 223 g/mol. The predicted molar refractivity (Wildman–Crippen MR) is 62.9 cm³/mol. The summed E-state index contributed by atoms with van der Waals surface area (Å²) in [6.45, 7) is 2.70. The lowest BCUT2D eigenvalue weighted by molar-refractivity contribution is -0.151. The number of nitrogens with two attached hydrogens (primary N) is 1. The predicted octanol–water partition coefficient (Wildman–Crippen LogP) is 2.17. The van der Waals surface area contributed by atoms with Crippen molar-refractivity contribution in [3.05, 3.63) is 12.2 Å². The molecule has 0 heterocycles. The molecule has 1 fully saturated rings. The first-order valence-electron chi connectivity index (χ1n) is 6.17. The van der Waals surface area contributed by atoms with E-state index in [4.69, 9.17) is 10.8 Å². The first-order chi connectivity index (χ1) is 7.58. The molecule has 0 spiro atoms. The Morgan fingerprint density at radius 2 is 2.38 bits per heavy atom. The highest BCUT2D eigenvalue weighted by atomic mass is 16.4. The Hall–Kier alpha value is -0.830. The molecule has 2 rings (SSSR count). The minimum Gasteiger partial charge on any atom is -0.481 e. The van der Waals surface area contributed by atoms with Gasteiger partial charge in [0.05, 0.1) is 6.42 Å². The standard InChI is InChI=1S/C13H21NO2/c1-2-5-12-6-3-4-10(12)13(8-12,9-14)7-11(15)16/h3-4,10H,2,5-9,14H2,1H3,(H,15,16)/t10-,12+,13-/m1/s1. The fourth-order valence-corrected chi connectivity index (χ4v) is 4.07. The van der Waals surface area contributed by atoms with Crippen molar-refractivity contribution < 1.29 is 9.90 Å². The van der Waals surface area contributed by atoms with Gasteiger partial charge >= 0.3 is 5.97 Å². The zero-order chi connectivity index (χ0) is 11.8. The van der Waals surface area contributed by atoms with Gasteiger partial charge in [0.25, 0.3) is 0 Å². The Kier molecular flexibility index (Phi) is 2.82. The van der Waals surface area contributed by atoms with Crippen molar-refractivity contribution in [1.29, 1.82) is 0 Å². The molecule has 3 atom stereocenters. The molecule has 0 aromatic rings. The fraction of sp³-hybridized carbons (Fsp3) is 0.769. The molecule has 0 aromatic heterocycles. The molecule has 1 saturated carbocycles. The van der Waals surface area contributed by atoms with Crippen LogP contribution in [0.3, 0.4) is 0 Å². The molecule has 90 valence electrons. The van der Waals surface area contributed by atoms with Gasteiger partial charge in [-0.3, -0.25) is 4.79 Å². The van der Waals surface area contributed by atoms with Crippen LogP contribution in [0.25, 0.3) is 0 Å². The quantitative estimate of drug-likeness (QED) is 0.702. The van der Waals surface area contributed by atoms with Crippen molar-refractivity contribution in [2.45, 2.75) is 39.0 Å². The molecule has 0 bridgehead atoms. The van der Waals surface area contributed by atoms with Gasteiger partial charge in [0, 0.05) is 5.41 Å². The molecule has 0 amide bonds. The van der Waals surface area contributed by atoms with Crippen molar-refractivity contribution in [1.82, 2.24) is 0 Å². The number of carboxylic acids is 1. The van der Waals surface area contributed by atoms with Gasteiger partial charge in [-0.25, -0.2) is 0 Å². The minimum atomic E-state index is -0.712. The Morgan fingerprint density at radius 1 is 1.62 bits per heavy atom. The summed E-state index contributed by atoms with van der Waals surface area (Å²) in [7, 11) is 0. The highest BCUT2D eigenvalue weighted by Gasteiger charge is 2.62. The SMILES string of the molecule is CCC[C@@]12CC=C[C@H]1[C@](CN)(CC(=O)O)C2.